The minimum atomic E-state index is -2.19. The van der Waals surface area contributed by atoms with Crippen molar-refractivity contribution in [3.05, 3.63) is 65.7 Å². The molecular weight excluding hydrogens is 503 g/mol. The van der Waals surface area contributed by atoms with Crippen LogP contribution in [0.25, 0.3) is 0 Å². The number of rotatable bonds is 8. The zero-order valence-electron chi connectivity index (χ0n) is 23.3. The Morgan fingerprint density at radius 2 is 1.63 bits per heavy atom. The zero-order chi connectivity index (χ0) is 27.9. The third-order valence-corrected chi connectivity index (χ3v) is 8.80. The predicted octanol–water partition coefficient (Wildman–Crippen LogP) is 4.68. The van der Waals surface area contributed by atoms with Crippen molar-refractivity contribution in [2.75, 3.05) is 6.54 Å². The van der Waals surface area contributed by atoms with E-state index in [9.17, 15) is 13.6 Å². The second kappa shape index (κ2) is 10.4. The molecule has 206 valence electrons. The quantitative estimate of drug-likeness (QED) is 0.372. The summed E-state index contributed by atoms with van der Waals surface area (Å²) in [5.74, 6) is 0. The van der Waals surface area contributed by atoms with Gasteiger partial charge in [0.15, 0.2) is 0 Å². The van der Waals surface area contributed by atoms with Crippen molar-refractivity contribution < 1.29 is 27.6 Å². The first-order chi connectivity index (χ1) is 17.6. The van der Waals surface area contributed by atoms with Gasteiger partial charge in [0.2, 0.25) is 11.3 Å². The average molecular weight is 543 g/mol. The van der Waals surface area contributed by atoms with Gasteiger partial charge < -0.3 is 18.9 Å². The molecule has 0 aliphatic carbocycles. The lowest BCUT2D eigenvalue weighted by Crippen LogP contribution is -2.54. The molecule has 0 bridgehead atoms. The molecule has 2 aliphatic rings. The van der Waals surface area contributed by atoms with Crippen molar-refractivity contribution in [2.45, 2.75) is 89.7 Å². The molecule has 0 aromatic heterocycles. The van der Waals surface area contributed by atoms with Crippen molar-refractivity contribution in [1.29, 1.82) is 0 Å². The fourth-order valence-corrected chi connectivity index (χ4v) is 5.81. The largest absolute Gasteiger partial charge is 0.494 e. The number of carbonyl (C=O) groups is 1. The van der Waals surface area contributed by atoms with Crippen LogP contribution in [0, 0.1) is 0 Å². The number of nitrogens with one attached hydrogen (secondary N) is 1. The van der Waals surface area contributed by atoms with Crippen molar-refractivity contribution in [3.63, 3.8) is 0 Å². The van der Waals surface area contributed by atoms with Crippen LogP contribution in [0.2, 0.25) is 0 Å². The Bertz CT molecular complexity index is 1160. The van der Waals surface area contributed by atoms with E-state index < -0.39 is 46.8 Å². The first-order valence-corrected chi connectivity index (χ1v) is 14.1. The number of cyclic esters (lactones) is 1. The molecule has 0 saturated carbocycles. The first kappa shape index (κ1) is 28.8. The topological polar surface area (TPSA) is 97.3 Å². The first-order valence-electron chi connectivity index (χ1n) is 13.0. The van der Waals surface area contributed by atoms with E-state index in [0.717, 1.165) is 16.6 Å². The summed E-state index contributed by atoms with van der Waals surface area (Å²) in [7, 11) is -0.444. The summed E-state index contributed by atoms with van der Waals surface area (Å²) >= 11 is -2.19. The van der Waals surface area contributed by atoms with Crippen LogP contribution in [-0.2, 0) is 30.9 Å². The normalized spacial score (nSPS) is 24.7. The van der Waals surface area contributed by atoms with Gasteiger partial charge in [-0.1, -0.05) is 54.6 Å². The number of amides is 1. The third-order valence-electron chi connectivity index (χ3n) is 8.08. The minimum Gasteiger partial charge on any atom is -0.438 e. The SMILES string of the molecule is C[C@@H](c1ccc(B2OC(C)(C)C(C)(C)O2)cc1)N1CC[C@](CC(C)(C)NS(=O)O)(c2ccccc2)OC1=O. The predicted molar refractivity (Wildman–Crippen MR) is 149 cm³/mol. The smallest absolute Gasteiger partial charge is 0.438 e. The van der Waals surface area contributed by atoms with Crippen LogP contribution in [0.4, 0.5) is 4.79 Å². The van der Waals surface area contributed by atoms with Crippen molar-refractivity contribution >= 4 is 29.9 Å². The molecule has 2 heterocycles. The molecule has 0 radical (unpaired) electrons. The Balaban J connectivity index is 1.51. The Morgan fingerprint density at radius 3 is 2.16 bits per heavy atom. The highest BCUT2D eigenvalue weighted by Gasteiger charge is 2.52. The van der Waals surface area contributed by atoms with Crippen LogP contribution in [0.1, 0.15) is 78.5 Å². The molecule has 2 saturated heterocycles. The zero-order valence-corrected chi connectivity index (χ0v) is 24.1. The molecule has 2 fully saturated rings. The Labute approximate surface area is 229 Å². The minimum absolute atomic E-state index is 0.209. The monoisotopic (exact) mass is 542 g/mol. The lowest BCUT2D eigenvalue weighted by atomic mass is 9.78. The van der Waals surface area contributed by atoms with Crippen LogP contribution in [0.15, 0.2) is 54.6 Å². The highest BCUT2D eigenvalue weighted by molar-refractivity contribution is 7.77. The Kier molecular flexibility index (Phi) is 7.86. The number of benzene rings is 2. The molecule has 10 heteroatoms. The molecule has 2 aromatic rings. The summed E-state index contributed by atoms with van der Waals surface area (Å²) in [4.78, 5) is 15.2. The van der Waals surface area contributed by atoms with E-state index in [1.165, 1.54) is 0 Å². The van der Waals surface area contributed by atoms with Crippen LogP contribution in [-0.4, -0.2) is 50.2 Å². The van der Waals surface area contributed by atoms with E-state index in [4.69, 9.17) is 14.0 Å². The molecule has 1 amide bonds. The van der Waals surface area contributed by atoms with Gasteiger partial charge in [0, 0.05) is 24.9 Å². The summed E-state index contributed by atoms with van der Waals surface area (Å²) < 4.78 is 42.2. The molecule has 4 rings (SSSR count). The second-order valence-electron chi connectivity index (χ2n) is 12.0. The average Bonchev–Trinajstić information content (AvgIpc) is 3.05. The van der Waals surface area contributed by atoms with Crippen molar-refractivity contribution in [1.82, 2.24) is 9.62 Å². The van der Waals surface area contributed by atoms with Gasteiger partial charge in [-0.3, -0.25) is 4.55 Å². The number of carbonyl (C=O) groups excluding carboxylic acids is 1. The molecule has 2 N–H and O–H groups in total. The fourth-order valence-electron chi connectivity index (χ4n) is 5.27. The van der Waals surface area contributed by atoms with Gasteiger partial charge in [-0.2, -0.15) is 0 Å². The second-order valence-corrected chi connectivity index (χ2v) is 12.7. The summed E-state index contributed by atoms with van der Waals surface area (Å²) in [6.07, 6.45) is 0.471. The maximum absolute atomic E-state index is 13.5. The van der Waals surface area contributed by atoms with Gasteiger partial charge in [-0.15, -0.1) is 0 Å². The molecule has 0 spiro atoms. The summed E-state index contributed by atoms with van der Waals surface area (Å²) in [5, 5.41) is 0. The molecule has 8 nitrogen and oxygen atoms in total. The van der Waals surface area contributed by atoms with Gasteiger partial charge in [-0.05, 0) is 65.1 Å². The Morgan fingerprint density at radius 1 is 1.05 bits per heavy atom. The molecular formula is C28H39BN2O6S. The molecule has 3 atom stereocenters. The van der Waals surface area contributed by atoms with Crippen molar-refractivity contribution in [2.24, 2.45) is 0 Å². The van der Waals surface area contributed by atoms with Gasteiger partial charge in [0.1, 0.15) is 5.60 Å². The third kappa shape index (κ3) is 5.84. The van der Waals surface area contributed by atoms with E-state index in [-0.39, 0.29) is 6.04 Å². The van der Waals surface area contributed by atoms with Crippen LogP contribution < -0.4 is 10.2 Å². The fraction of sp³-hybridized carbons (Fsp3) is 0.536. The van der Waals surface area contributed by atoms with Crippen LogP contribution in [0.3, 0.4) is 0 Å². The lowest BCUT2D eigenvalue weighted by Gasteiger charge is -2.46. The molecule has 38 heavy (non-hydrogen) atoms. The highest BCUT2D eigenvalue weighted by Crippen LogP contribution is 2.42. The van der Waals surface area contributed by atoms with Gasteiger partial charge in [0.25, 0.3) is 0 Å². The van der Waals surface area contributed by atoms with E-state index in [0.29, 0.717) is 19.4 Å². The number of hydrogen-bond acceptors (Lipinski definition) is 5. The molecule has 2 aromatic carbocycles. The number of ether oxygens (including phenoxy) is 1. The maximum atomic E-state index is 13.5. The lowest BCUT2D eigenvalue weighted by molar-refractivity contribution is -0.0750. The highest BCUT2D eigenvalue weighted by atomic mass is 32.2. The van der Waals surface area contributed by atoms with Gasteiger partial charge >= 0.3 is 13.2 Å². The van der Waals surface area contributed by atoms with E-state index in [2.05, 4.69) is 4.72 Å². The Hall–Kier alpha value is -2.24. The van der Waals surface area contributed by atoms with Gasteiger partial charge in [-0.25, -0.2) is 13.7 Å². The van der Waals surface area contributed by atoms with E-state index >= 15 is 0 Å². The molecule has 1 unspecified atom stereocenters. The maximum Gasteiger partial charge on any atom is 0.494 e. The van der Waals surface area contributed by atoms with E-state index in [1.54, 1.807) is 4.90 Å². The van der Waals surface area contributed by atoms with Crippen LogP contribution in [0.5, 0.6) is 0 Å². The summed E-state index contributed by atoms with van der Waals surface area (Å²) in [6.45, 7) is 14.2. The van der Waals surface area contributed by atoms with Crippen LogP contribution >= 0.6 is 0 Å². The van der Waals surface area contributed by atoms with E-state index in [1.807, 2.05) is 103 Å². The number of hydrogen-bond donors (Lipinski definition) is 2. The van der Waals surface area contributed by atoms with Gasteiger partial charge in [0.05, 0.1) is 17.2 Å². The standard InChI is InChI=1S/C28H39BN2O6S/c1-20(21-13-15-23(16-14-21)29-36-26(4,5)27(6,7)37-29)31-18-17-28(35-24(31)32,22-11-9-8-10-12-22)19-25(2,3)30-38(33)34/h8-16,20,30H,17-19H2,1-7H3,(H,33,34)/t20-,28-/m0/s1. The summed E-state index contributed by atoms with van der Waals surface area (Å²) in [5.41, 5.74) is 0.265. The molecule has 2 aliphatic heterocycles. The summed E-state index contributed by atoms with van der Waals surface area (Å²) in [6, 6.07) is 17.4. The van der Waals surface area contributed by atoms with Crippen molar-refractivity contribution in [3.8, 4) is 0 Å². The number of nitrogens with zero attached hydrogens (tertiary/aromatic N) is 1.